The van der Waals surface area contributed by atoms with Gasteiger partial charge in [0, 0.05) is 25.9 Å². The minimum Gasteiger partial charge on any atom is -0.368 e. The Hall–Kier alpha value is -2.14. The molecule has 0 aromatic heterocycles. The van der Waals surface area contributed by atoms with Crippen molar-refractivity contribution in [3.8, 4) is 0 Å². The van der Waals surface area contributed by atoms with E-state index in [4.69, 9.17) is 0 Å². The zero-order chi connectivity index (χ0) is 19.2. The van der Waals surface area contributed by atoms with Gasteiger partial charge in [-0.2, -0.15) is 0 Å². The van der Waals surface area contributed by atoms with E-state index in [1.807, 2.05) is 6.08 Å². The molecule has 3 aliphatic rings. The Balaban J connectivity index is 1.79. The van der Waals surface area contributed by atoms with Crippen LogP contribution in [-0.2, 0) is 0 Å². The second-order valence-electron chi connectivity index (χ2n) is 7.64. The van der Waals surface area contributed by atoms with Crippen LogP contribution in [-0.4, -0.2) is 50.2 Å². The molecule has 3 N–H and O–H groups in total. The van der Waals surface area contributed by atoms with Crippen LogP contribution in [0.4, 0.5) is 0 Å². The van der Waals surface area contributed by atoms with Crippen LogP contribution in [0.5, 0.6) is 0 Å². The largest absolute Gasteiger partial charge is 0.368 e. The first-order valence-electron chi connectivity index (χ1n) is 10.3. The van der Waals surface area contributed by atoms with Gasteiger partial charge < -0.3 is 25.8 Å². The fourth-order valence-corrected chi connectivity index (χ4v) is 4.04. The molecule has 148 valence electrons. The highest BCUT2D eigenvalue weighted by Gasteiger charge is 2.23. The minimum absolute atomic E-state index is 0.631. The highest BCUT2D eigenvalue weighted by molar-refractivity contribution is 5.36. The van der Waals surface area contributed by atoms with Crippen molar-refractivity contribution in [1.82, 2.24) is 25.8 Å². The van der Waals surface area contributed by atoms with Gasteiger partial charge in [0.2, 0.25) is 0 Å². The molecule has 0 spiro atoms. The molecule has 0 amide bonds. The molecule has 5 nitrogen and oxygen atoms in total. The molecule has 0 unspecified atom stereocenters. The molecule has 0 bridgehead atoms. The second kappa shape index (κ2) is 9.18. The van der Waals surface area contributed by atoms with Crippen LogP contribution in [0.15, 0.2) is 59.4 Å². The molecule has 5 heteroatoms. The summed E-state index contributed by atoms with van der Waals surface area (Å²) < 4.78 is 0. The number of piperidine rings is 1. The number of hydrogen-bond acceptors (Lipinski definition) is 5. The summed E-state index contributed by atoms with van der Waals surface area (Å²) in [7, 11) is 4.30. The number of likely N-dealkylation sites (N-methyl/N-ethyl adjacent to an activating group) is 1. The molecule has 0 saturated carbocycles. The Kier molecular flexibility index (Phi) is 6.67. The van der Waals surface area contributed by atoms with Gasteiger partial charge in [0.15, 0.2) is 0 Å². The van der Waals surface area contributed by atoms with Crippen molar-refractivity contribution in [2.24, 2.45) is 5.92 Å². The van der Waals surface area contributed by atoms with E-state index in [0.717, 1.165) is 39.1 Å². The van der Waals surface area contributed by atoms with Crippen LogP contribution in [0.25, 0.3) is 0 Å². The lowest BCUT2D eigenvalue weighted by molar-refractivity contribution is 0.424. The first-order valence-corrected chi connectivity index (χ1v) is 10.3. The summed E-state index contributed by atoms with van der Waals surface area (Å²) in [4.78, 5) is 4.57. The molecule has 3 rings (SSSR count). The van der Waals surface area contributed by atoms with Crippen molar-refractivity contribution in [3.05, 3.63) is 59.4 Å². The maximum absolute atomic E-state index is 4.07. The SMILES string of the molecule is C=C/C(=C\C=C(/CCC)N(C)C1=CC2=C(CN1)NCN2C)C1CCNCC1. The third kappa shape index (κ3) is 4.59. The highest BCUT2D eigenvalue weighted by atomic mass is 15.3. The smallest absolute Gasteiger partial charge is 0.108 e. The number of nitrogens with zero attached hydrogens (tertiary/aromatic N) is 2. The normalized spacial score (nSPS) is 21.4. The Morgan fingerprint density at radius 3 is 2.78 bits per heavy atom. The predicted octanol–water partition coefficient (Wildman–Crippen LogP) is 2.86. The fourth-order valence-electron chi connectivity index (χ4n) is 4.04. The van der Waals surface area contributed by atoms with E-state index in [9.17, 15) is 0 Å². The van der Waals surface area contributed by atoms with E-state index >= 15 is 0 Å². The second-order valence-corrected chi connectivity index (χ2v) is 7.64. The van der Waals surface area contributed by atoms with Crippen molar-refractivity contribution < 1.29 is 0 Å². The molecule has 3 aliphatic heterocycles. The van der Waals surface area contributed by atoms with Gasteiger partial charge in [0.1, 0.15) is 5.82 Å². The molecule has 0 radical (unpaired) electrons. The Morgan fingerprint density at radius 2 is 2.07 bits per heavy atom. The Bertz CT molecular complexity index is 664. The summed E-state index contributed by atoms with van der Waals surface area (Å²) in [5.74, 6) is 1.80. The zero-order valence-corrected chi connectivity index (χ0v) is 17.1. The van der Waals surface area contributed by atoms with Crippen molar-refractivity contribution in [2.45, 2.75) is 32.6 Å². The maximum Gasteiger partial charge on any atom is 0.108 e. The summed E-state index contributed by atoms with van der Waals surface area (Å²) in [5.41, 5.74) is 5.29. The summed E-state index contributed by atoms with van der Waals surface area (Å²) in [5, 5.41) is 10.5. The standard InChI is InChI=1S/C22H35N5/c1-5-7-19(9-8-17(6-2)18-10-12-23-13-11-18)27(4)22-14-21-20(15-24-22)25-16-26(21)3/h6,8-9,14,18,23-25H,2,5,7,10-13,15-16H2,1,3-4H3/b17-8+,19-9+. The zero-order valence-electron chi connectivity index (χ0n) is 17.1. The van der Waals surface area contributed by atoms with E-state index in [1.54, 1.807) is 0 Å². The van der Waals surface area contributed by atoms with E-state index in [1.165, 1.54) is 41.3 Å². The monoisotopic (exact) mass is 369 g/mol. The van der Waals surface area contributed by atoms with Gasteiger partial charge in [-0.25, -0.2) is 0 Å². The van der Waals surface area contributed by atoms with Crippen molar-refractivity contribution in [2.75, 3.05) is 40.4 Å². The Labute approximate surface area is 164 Å². The van der Waals surface area contributed by atoms with E-state index in [2.05, 4.69) is 71.6 Å². The van der Waals surface area contributed by atoms with Crippen molar-refractivity contribution >= 4 is 0 Å². The van der Waals surface area contributed by atoms with Crippen molar-refractivity contribution in [1.29, 1.82) is 0 Å². The van der Waals surface area contributed by atoms with Gasteiger partial charge in [-0.3, -0.25) is 0 Å². The third-order valence-corrected chi connectivity index (χ3v) is 5.78. The van der Waals surface area contributed by atoms with Gasteiger partial charge in [-0.05, 0) is 49.9 Å². The fraction of sp³-hybridized carbons (Fsp3) is 0.545. The number of nitrogens with one attached hydrogen (secondary N) is 3. The Morgan fingerprint density at radius 1 is 1.30 bits per heavy atom. The van der Waals surface area contributed by atoms with Crippen LogP contribution >= 0.6 is 0 Å². The van der Waals surface area contributed by atoms with Crippen molar-refractivity contribution in [3.63, 3.8) is 0 Å². The molecule has 27 heavy (non-hydrogen) atoms. The van der Waals surface area contributed by atoms with Crippen LogP contribution < -0.4 is 16.0 Å². The summed E-state index contributed by atoms with van der Waals surface area (Å²) in [6.45, 7) is 10.3. The lowest BCUT2D eigenvalue weighted by atomic mass is 9.89. The number of rotatable bonds is 7. The summed E-state index contributed by atoms with van der Waals surface area (Å²) in [6.07, 6.45) is 13.5. The molecule has 1 saturated heterocycles. The van der Waals surface area contributed by atoms with Gasteiger partial charge in [0.25, 0.3) is 0 Å². The molecular formula is C22H35N5. The minimum atomic E-state index is 0.631. The average molecular weight is 370 g/mol. The molecule has 1 fully saturated rings. The number of hydrogen-bond donors (Lipinski definition) is 3. The van der Waals surface area contributed by atoms with Crippen LogP contribution in [0, 0.1) is 5.92 Å². The van der Waals surface area contributed by atoms with Gasteiger partial charge >= 0.3 is 0 Å². The van der Waals surface area contributed by atoms with E-state index in [-0.39, 0.29) is 0 Å². The highest BCUT2D eigenvalue weighted by Crippen LogP contribution is 2.25. The molecular weight excluding hydrogens is 334 g/mol. The number of allylic oxidation sites excluding steroid dienone is 6. The lowest BCUT2D eigenvalue weighted by Gasteiger charge is -2.30. The van der Waals surface area contributed by atoms with Crippen LogP contribution in [0.1, 0.15) is 32.6 Å². The van der Waals surface area contributed by atoms with Crippen LogP contribution in [0.3, 0.4) is 0 Å². The first kappa shape index (κ1) is 19.6. The van der Waals surface area contributed by atoms with Gasteiger partial charge in [-0.1, -0.05) is 32.1 Å². The topological polar surface area (TPSA) is 42.6 Å². The summed E-state index contributed by atoms with van der Waals surface area (Å²) in [6, 6.07) is 0. The molecule has 0 aromatic rings. The molecule has 0 atom stereocenters. The van der Waals surface area contributed by atoms with Gasteiger partial charge in [-0.15, -0.1) is 0 Å². The number of dihydropyridines is 1. The molecule has 0 aliphatic carbocycles. The third-order valence-electron chi connectivity index (χ3n) is 5.78. The molecule has 3 heterocycles. The molecule has 0 aromatic carbocycles. The first-order chi connectivity index (χ1) is 13.1. The van der Waals surface area contributed by atoms with Crippen LogP contribution in [0.2, 0.25) is 0 Å². The lowest BCUT2D eigenvalue weighted by Crippen LogP contribution is -2.34. The maximum atomic E-state index is 4.07. The van der Waals surface area contributed by atoms with Gasteiger partial charge in [0.05, 0.1) is 24.6 Å². The quantitative estimate of drug-likeness (QED) is 0.602. The average Bonchev–Trinajstić information content (AvgIpc) is 3.08. The predicted molar refractivity (Wildman–Crippen MR) is 114 cm³/mol. The summed E-state index contributed by atoms with van der Waals surface area (Å²) >= 11 is 0. The van der Waals surface area contributed by atoms with E-state index < -0.39 is 0 Å². The van der Waals surface area contributed by atoms with E-state index in [0.29, 0.717) is 5.92 Å².